The van der Waals surface area contributed by atoms with Crippen LogP contribution < -0.4 is 5.32 Å². The average Bonchev–Trinajstić information content (AvgIpc) is 2.20. The van der Waals surface area contributed by atoms with Crippen LogP contribution in [0.15, 0.2) is 0 Å². The molecule has 1 aliphatic rings. The summed E-state index contributed by atoms with van der Waals surface area (Å²) in [4.78, 5) is 2.56. The maximum atomic E-state index is 8.64. The molecule has 0 saturated carbocycles. The molecule has 3 heteroatoms. The summed E-state index contributed by atoms with van der Waals surface area (Å²) >= 11 is 0. The molecule has 0 aromatic rings. The predicted molar refractivity (Wildman–Crippen MR) is 59.5 cm³/mol. The van der Waals surface area contributed by atoms with Gasteiger partial charge in [0.15, 0.2) is 0 Å². The standard InChI is InChI=1S/C11H24N2O/c1-11-10-12-6-8-13(11)7-4-2-3-5-9-14/h11-12,14H,2-10H2,1H3/t11-/m1/s1. The lowest BCUT2D eigenvalue weighted by atomic mass is 10.1. The molecular formula is C11H24N2O. The molecule has 1 atom stereocenters. The molecule has 1 saturated heterocycles. The number of hydrogen-bond donors (Lipinski definition) is 2. The monoisotopic (exact) mass is 200 g/mol. The van der Waals surface area contributed by atoms with Crippen LogP contribution in [0.25, 0.3) is 0 Å². The van der Waals surface area contributed by atoms with E-state index < -0.39 is 0 Å². The molecule has 14 heavy (non-hydrogen) atoms. The van der Waals surface area contributed by atoms with Crippen molar-refractivity contribution in [2.24, 2.45) is 0 Å². The highest BCUT2D eigenvalue weighted by Gasteiger charge is 2.16. The minimum Gasteiger partial charge on any atom is -0.396 e. The summed E-state index contributed by atoms with van der Waals surface area (Å²) in [5, 5.41) is 12.0. The van der Waals surface area contributed by atoms with Gasteiger partial charge in [0.1, 0.15) is 0 Å². The number of nitrogens with one attached hydrogen (secondary N) is 1. The summed E-state index contributed by atoms with van der Waals surface area (Å²) in [5.41, 5.74) is 0. The third-order valence-electron chi connectivity index (χ3n) is 2.99. The fourth-order valence-electron chi connectivity index (χ4n) is 2.00. The first-order valence-electron chi connectivity index (χ1n) is 5.90. The van der Waals surface area contributed by atoms with Crippen LogP contribution in [0.1, 0.15) is 32.6 Å². The van der Waals surface area contributed by atoms with Gasteiger partial charge in [0.2, 0.25) is 0 Å². The lowest BCUT2D eigenvalue weighted by Gasteiger charge is -2.33. The van der Waals surface area contributed by atoms with Crippen LogP contribution in [0.3, 0.4) is 0 Å². The molecule has 0 unspecified atom stereocenters. The fraction of sp³-hybridized carbons (Fsp3) is 1.00. The molecule has 1 rings (SSSR count). The number of piperazine rings is 1. The van der Waals surface area contributed by atoms with E-state index in [2.05, 4.69) is 17.1 Å². The highest BCUT2D eigenvalue weighted by molar-refractivity contribution is 4.75. The summed E-state index contributed by atoms with van der Waals surface area (Å²) in [6, 6.07) is 0.696. The second-order valence-electron chi connectivity index (χ2n) is 4.23. The smallest absolute Gasteiger partial charge is 0.0431 e. The van der Waals surface area contributed by atoms with Crippen molar-refractivity contribution in [2.75, 3.05) is 32.8 Å². The SMILES string of the molecule is C[C@@H]1CNCCN1CCCCCCO. The third kappa shape index (κ3) is 4.40. The Bertz CT molecular complexity index is 141. The van der Waals surface area contributed by atoms with Gasteiger partial charge in [-0.3, -0.25) is 4.90 Å². The van der Waals surface area contributed by atoms with Gasteiger partial charge in [-0.1, -0.05) is 12.8 Å². The molecule has 1 aliphatic heterocycles. The fourth-order valence-corrected chi connectivity index (χ4v) is 2.00. The van der Waals surface area contributed by atoms with Crippen molar-refractivity contribution in [1.29, 1.82) is 0 Å². The number of rotatable bonds is 6. The van der Waals surface area contributed by atoms with E-state index in [1.807, 2.05) is 0 Å². The molecular weight excluding hydrogens is 176 g/mol. The first-order valence-corrected chi connectivity index (χ1v) is 5.90. The highest BCUT2D eigenvalue weighted by Crippen LogP contribution is 2.06. The van der Waals surface area contributed by atoms with Crippen molar-refractivity contribution in [2.45, 2.75) is 38.6 Å². The highest BCUT2D eigenvalue weighted by atomic mass is 16.2. The van der Waals surface area contributed by atoms with Crippen LogP contribution in [0, 0.1) is 0 Å². The van der Waals surface area contributed by atoms with E-state index in [0.717, 1.165) is 19.5 Å². The van der Waals surface area contributed by atoms with Gasteiger partial charge in [-0.25, -0.2) is 0 Å². The van der Waals surface area contributed by atoms with Crippen molar-refractivity contribution >= 4 is 0 Å². The van der Waals surface area contributed by atoms with Gasteiger partial charge in [0, 0.05) is 32.3 Å². The number of nitrogens with zero attached hydrogens (tertiary/aromatic N) is 1. The van der Waals surface area contributed by atoms with Gasteiger partial charge in [0.05, 0.1) is 0 Å². The Morgan fingerprint density at radius 3 is 2.79 bits per heavy atom. The van der Waals surface area contributed by atoms with Crippen LogP contribution in [0.2, 0.25) is 0 Å². The summed E-state index contributed by atoms with van der Waals surface area (Å²) < 4.78 is 0. The Labute approximate surface area is 87.5 Å². The third-order valence-corrected chi connectivity index (χ3v) is 2.99. The Morgan fingerprint density at radius 1 is 1.29 bits per heavy atom. The van der Waals surface area contributed by atoms with Gasteiger partial charge < -0.3 is 10.4 Å². The largest absolute Gasteiger partial charge is 0.396 e. The Morgan fingerprint density at radius 2 is 2.07 bits per heavy atom. The molecule has 1 heterocycles. The Kier molecular flexibility index (Phi) is 6.15. The van der Waals surface area contributed by atoms with Gasteiger partial charge in [-0.2, -0.15) is 0 Å². The Balaban J connectivity index is 1.99. The molecule has 0 amide bonds. The first kappa shape index (κ1) is 12.0. The van der Waals surface area contributed by atoms with Crippen LogP contribution in [0.5, 0.6) is 0 Å². The van der Waals surface area contributed by atoms with Crippen molar-refractivity contribution in [3.63, 3.8) is 0 Å². The van der Waals surface area contributed by atoms with Crippen molar-refractivity contribution in [1.82, 2.24) is 10.2 Å². The van der Waals surface area contributed by atoms with Gasteiger partial charge >= 0.3 is 0 Å². The first-order chi connectivity index (χ1) is 6.84. The van der Waals surface area contributed by atoms with Gasteiger partial charge in [-0.15, -0.1) is 0 Å². The minimum atomic E-state index is 0.351. The molecule has 0 spiro atoms. The Hall–Kier alpha value is -0.120. The van der Waals surface area contributed by atoms with Crippen LogP contribution in [0.4, 0.5) is 0 Å². The topological polar surface area (TPSA) is 35.5 Å². The number of unbranched alkanes of at least 4 members (excludes halogenated alkanes) is 3. The van der Waals surface area contributed by atoms with Crippen LogP contribution >= 0.6 is 0 Å². The van der Waals surface area contributed by atoms with Crippen LogP contribution in [-0.2, 0) is 0 Å². The number of hydrogen-bond acceptors (Lipinski definition) is 3. The summed E-state index contributed by atoms with van der Waals surface area (Å²) in [6.45, 7) is 7.34. The van der Waals surface area contributed by atoms with Gasteiger partial charge in [0.25, 0.3) is 0 Å². The van der Waals surface area contributed by atoms with Crippen molar-refractivity contribution in [3.05, 3.63) is 0 Å². The van der Waals surface area contributed by atoms with Crippen molar-refractivity contribution in [3.8, 4) is 0 Å². The van der Waals surface area contributed by atoms with E-state index in [1.165, 1.54) is 32.4 Å². The molecule has 0 aromatic heterocycles. The molecule has 0 aromatic carbocycles. The minimum absolute atomic E-state index is 0.351. The quantitative estimate of drug-likeness (QED) is 0.624. The summed E-state index contributed by atoms with van der Waals surface area (Å²) in [5.74, 6) is 0. The normalized spacial score (nSPS) is 24.0. The zero-order valence-electron chi connectivity index (χ0n) is 9.34. The molecule has 0 radical (unpaired) electrons. The van der Waals surface area contributed by atoms with Gasteiger partial charge in [-0.05, 0) is 26.3 Å². The van der Waals surface area contributed by atoms with E-state index in [1.54, 1.807) is 0 Å². The van der Waals surface area contributed by atoms with Crippen LogP contribution in [-0.4, -0.2) is 48.8 Å². The van der Waals surface area contributed by atoms with Crippen molar-refractivity contribution < 1.29 is 5.11 Å². The molecule has 2 N–H and O–H groups in total. The second-order valence-corrected chi connectivity index (χ2v) is 4.23. The number of aliphatic hydroxyl groups excluding tert-OH is 1. The second kappa shape index (κ2) is 7.21. The summed E-state index contributed by atoms with van der Waals surface area (Å²) in [6.07, 6.45) is 4.69. The maximum Gasteiger partial charge on any atom is 0.0431 e. The molecule has 0 bridgehead atoms. The maximum absolute atomic E-state index is 8.64. The lowest BCUT2D eigenvalue weighted by molar-refractivity contribution is 0.170. The van der Waals surface area contributed by atoms with E-state index in [4.69, 9.17) is 5.11 Å². The molecule has 84 valence electrons. The van der Waals surface area contributed by atoms with E-state index in [0.29, 0.717) is 12.6 Å². The number of aliphatic hydroxyl groups is 1. The van der Waals surface area contributed by atoms with E-state index >= 15 is 0 Å². The summed E-state index contributed by atoms with van der Waals surface area (Å²) in [7, 11) is 0. The lowest BCUT2D eigenvalue weighted by Crippen LogP contribution is -2.49. The molecule has 0 aliphatic carbocycles. The average molecular weight is 200 g/mol. The van der Waals surface area contributed by atoms with E-state index in [-0.39, 0.29) is 0 Å². The molecule has 3 nitrogen and oxygen atoms in total. The zero-order valence-corrected chi connectivity index (χ0v) is 9.34. The molecule has 1 fully saturated rings. The zero-order chi connectivity index (χ0) is 10.2. The van der Waals surface area contributed by atoms with E-state index in [9.17, 15) is 0 Å². The predicted octanol–water partition coefficient (Wildman–Crippen LogP) is 0.833.